The smallest absolute Gasteiger partial charge is 0.364 e. The van der Waals surface area contributed by atoms with Crippen molar-refractivity contribution in [3.63, 3.8) is 0 Å². The first kappa shape index (κ1) is 10.7. The summed E-state index contributed by atoms with van der Waals surface area (Å²) in [7, 11) is 0. The Labute approximate surface area is 85.6 Å². The van der Waals surface area contributed by atoms with E-state index in [-0.39, 0.29) is 0 Å². The Morgan fingerprint density at radius 1 is 1.20 bits per heavy atom. The third-order valence-corrected chi connectivity index (χ3v) is 1.35. The highest BCUT2D eigenvalue weighted by Gasteiger charge is 1.96. The minimum atomic E-state index is -0.490. The van der Waals surface area contributed by atoms with Crippen molar-refractivity contribution < 1.29 is 9.59 Å². The molecule has 0 aromatic carbocycles. The van der Waals surface area contributed by atoms with E-state index < -0.39 is 11.9 Å². The van der Waals surface area contributed by atoms with Crippen LogP contribution in [0.4, 0.5) is 4.79 Å². The highest BCUT2D eigenvalue weighted by Crippen LogP contribution is 1.89. The predicted molar refractivity (Wildman–Crippen MR) is 55.1 cm³/mol. The molecule has 0 spiro atoms. The van der Waals surface area contributed by atoms with Gasteiger partial charge in [-0.25, -0.2) is 4.79 Å². The number of carbonyl (C=O) groups is 2. The third-order valence-electron chi connectivity index (χ3n) is 1.35. The second kappa shape index (κ2) is 5.38. The highest BCUT2D eigenvalue weighted by atomic mass is 16.2. The summed E-state index contributed by atoms with van der Waals surface area (Å²) < 4.78 is 0. The molecule has 2 rings (SSSR count). The van der Waals surface area contributed by atoms with E-state index in [4.69, 9.17) is 5.73 Å². The number of urea groups is 1. The maximum atomic E-state index is 10.4. The van der Waals surface area contributed by atoms with Crippen molar-refractivity contribution in [2.75, 3.05) is 0 Å². The van der Waals surface area contributed by atoms with Gasteiger partial charge in [0.2, 0.25) is 0 Å². The SMILES string of the molecule is NC(=O)c1ccccn1.O=C1N=CC=N1. The van der Waals surface area contributed by atoms with E-state index in [9.17, 15) is 9.59 Å². The predicted octanol–water partition coefficient (Wildman–Crippen LogP) is 0.442. The molecular weight excluding hydrogens is 196 g/mol. The van der Waals surface area contributed by atoms with Gasteiger partial charge in [0.25, 0.3) is 5.91 Å². The Morgan fingerprint density at radius 2 is 1.87 bits per heavy atom. The van der Waals surface area contributed by atoms with Gasteiger partial charge in [-0.1, -0.05) is 6.07 Å². The van der Waals surface area contributed by atoms with Gasteiger partial charge in [-0.3, -0.25) is 9.78 Å². The second-order valence-corrected chi connectivity index (χ2v) is 2.42. The van der Waals surface area contributed by atoms with Crippen molar-refractivity contribution in [1.82, 2.24) is 4.98 Å². The molecular formula is C9H8N4O2. The number of nitrogens with zero attached hydrogens (tertiary/aromatic N) is 3. The van der Waals surface area contributed by atoms with Crippen molar-refractivity contribution in [3.05, 3.63) is 30.1 Å². The summed E-state index contributed by atoms with van der Waals surface area (Å²) in [5, 5.41) is 0. The molecule has 0 saturated heterocycles. The normalized spacial score (nSPS) is 12.1. The first-order chi connectivity index (χ1) is 7.20. The number of amides is 3. The highest BCUT2D eigenvalue weighted by molar-refractivity contribution is 6.25. The molecule has 0 aliphatic carbocycles. The molecule has 0 unspecified atom stereocenters. The molecule has 6 nitrogen and oxygen atoms in total. The first-order valence-corrected chi connectivity index (χ1v) is 4.01. The Hall–Kier alpha value is -2.37. The summed E-state index contributed by atoms with van der Waals surface area (Å²) in [6.07, 6.45) is 4.25. The number of carbonyl (C=O) groups excluding carboxylic acids is 2. The van der Waals surface area contributed by atoms with Crippen LogP contribution in [0.25, 0.3) is 0 Å². The minimum Gasteiger partial charge on any atom is -0.364 e. The minimum absolute atomic E-state index is 0.303. The van der Waals surface area contributed by atoms with Crippen LogP contribution in [0.3, 0.4) is 0 Å². The lowest BCUT2D eigenvalue weighted by Crippen LogP contribution is -2.12. The lowest BCUT2D eigenvalue weighted by Gasteiger charge is -1.88. The van der Waals surface area contributed by atoms with Crippen LogP contribution in [-0.2, 0) is 0 Å². The molecule has 0 radical (unpaired) electrons. The Bertz CT molecular complexity index is 397. The molecule has 3 amide bonds. The molecule has 0 atom stereocenters. The quantitative estimate of drug-likeness (QED) is 0.718. The Kier molecular flexibility index (Phi) is 3.84. The number of nitrogens with two attached hydrogens (primary N) is 1. The maximum Gasteiger partial charge on any atom is 0.367 e. The molecule has 15 heavy (non-hydrogen) atoms. The van der Waals surface area contributed by atoms with E-state index in [0.717, 1.165) is 0 Å². The molecule has 1 aliphatic rings. The fourth-order valence-corrected chi connectivity index (χ4v) is 0.736. The molecule has 0 saturated carbocycles. The molecule has 6 heteroatoms. The zero-order chi connectivity index (χ0) is 11.1. The van der Waals surface area contributed by atoms with Gasteiger partial charge in [0.15, 0.2) is 0 Å². The van der Waals surface area contributed by atoms with Crippen LogP contribution in [-0.4, -0.2) is 29.4 Å². The van der Waals surface area contributed by atoms with Crippen LogP contribution in [0, 0.1) is 0 Å². The summed E-state index contributed by atoms with van der Waals surface area (Å²) in [6, 6.07) is 4.61. The van der Waals surface area contributed by atoms with Gasteiger partial charge in [0.1, 0.15) is 5.69 Å². The number of hydrogen-bond acceptors (Lipinski definition) is 3. The molecule has 2 heterocycles. The number of pyridine rings is 1. The van der Waals surface area contributed by atoms with Crippen LogP contribution in [0.1, 0.15) is 10.5 Å². The maximum absolute atomic E-state index is 10.4. The molecule has 1 aliphatic heterocycles. The van der Waals surface area contributed by atoms with E-state index >= 15 is 0 Å². The Morgan fingerprint density at radius 3 is 2.13 bits per heavy atom. The number of rotatable bonds is 1. The third kappa shape index (κ3) is 3.90. The van der Waals surface area contributed by atoms with Crippen LogP contribution < -0.4 is 5.73 Å². The lowest BCUT2D eigenvalue weighted by atomic mass is 10.3. The summed E-state index contributed by atoms with van der Waals surface area (Å²) in [6.45, 7) is 0. The van der Waals surface area contributed by atoms with Gasteiger partial charge in [-0.15, -0.1) is 0 Å². The monoisotopic (exact) mass is 204 g/mol. The molecule has 1 aromatic rings. The average molecular weight is 204 g/mol. The number of primary amides is 1. The molecule has 2 N–H and O–H groups in total. The van der Waals surface area contributed by atoms with Gasteiger partial charge in [-0.05, 0) is 12.1 Å². The lowest BCUT2D eigenvalue weighted by molar-refractivity contribution is 0.0995. The van der Waals surface area contributed by atoms with Gasteiger partial charge >= 0.3 is 6.03 Å². The fourth-order valence-electron chi connectivity index (χ4n) is 0.736. The second-order valence-electron chi connectivity index (χ2n) is 2.42. The van der Waals surface area contributed by atoms with E-state index in [1.807, 2.05) is 0 Å². The standard InChI is InChI=1S/C6H6N2O.C3H2N2O/c7-6(9)5-3-1-2-4-8-5;6-3-4-1-2-5-3/h1-4H,(H2,7,9);1-2H. The number of aromatic nitrogens is 1. The number of hydrogen-bond donors (Lipinski definition) is 1. The molecule has 76 valence electrons. The van der Waals surface area contributed by atoms with Crippen molar-refractivity contribution in [2.45, 2.75) is 0 Å². The van der Waals surface area contributed by atoms with Crippen molar-refractivity contribution in [2.24, 2.45) is 15.7 Å². The summed E-state index contributed by atoms with van der Waals surface area (Å²) in [5.41, 5.74) is 5.22. The van der Waals surface area contributed by atoms with E-state index in [0.29, 0.717) is 5.69 Å². The van der Waals surface area contributed by atoms with Crippen LogP contribution >= 0.6 is 0 Å². The molecule has 0 fully saturated rings. The van der Waals surface area contributed by atoms with Gasteiger partial charge in [-0.2, -0.15) is 9.98 Å². The fraction of sp³-hybridized carbons (Fsp3) is 0. The van der Waals surface area contributed by atoms with Crippen LogP contribution in [0.15, 0.2) is 34.4 Å². The summed E-state index contributed by atoms with van der Waals surface area (Å²) >= 11 is 0. The molecule has 1 aromatic heterocycles. The first-order valence-electron chi connectivity index (χ1n) is 4.01. The zero-order valence-electron chi connectivity index (χ0n) is 7.70. The van der Waals surface area contributed by atoms with Crippen LogP contribution in [0.2, 0.25) is 0 Å². The zero-order valence-corrected chi connectivity index (χ0v) is 7.70. The Balaban J connectivity index is 0.000000162. The summed E-state index contributed by atoms with van der Waals surface area (Å²) in [5.74, 6) is -0.490. The van der Waals surface area contributed by atoms with Gasteiger partial charge in [0.05, 0.1) is 12.4 Å². The topological polar surface area (TPSA) is 97.8 Å². The van der Waals surface area contributed by atoms with Crippen LogP contribution in [0.5, 0.6) is 0 Å². The van der Waals surface area contributed by atoms with E-state index in [1.165, 1.54) is 18.6 Å². The van der Waals surface area contributed by atoms with Crippen molar-refractivity contribution >= 4 is 24.4 Å². The van der Waals surface area contributed by atoms with E-state index in [1.54, 1.807) is 18.2 Å². The summed E-state index contributed by atoms with van der Waals surface area (Å²) in [4.78, 5) is 30.4. The molecule has 0 bridgehead atoms. The van der Waals surface area contributed by atoms with Crippen molar-refractivity contribution in [1.29, 1.82) is 0 Å². The van der Waals surface area contributed by atoms with E-state index in [2.05, 4.69) is 15.0 Å². The van der Waals surface area contributed by atoms with Gasteiger partial charge in [0, 0.05) is 6.20 Å². The average Bonchev–Trinajstić information content (AvgIpc) is 2.71. The largest absolute Gasteiger partial charge is 0.367 e. The number of aliphatic imine (C=N–C) groups is 2. The van der Waals surface area contributed by atoms with Gasteiger partial charge < -0.3 is 5.73 Å². The van der Waals surface area contributed by atoms with Crippen molar-refractivity contribution in [3.8, 4) is 0 Å².